The number of β-amino-alcohol motifs (C(OH)–C–C–N with tert-alkyl or cyclic N) is 1. The summed E-state index contributed by atoms with van der Waals surface area (Å²) in [6.07, 6.45) is 1.45. The van der Waals surface area contributed by atoms with Crippen molar-refractivity contribution in [3.8, 4) is 0 Å². The van der Waals surface area contributed by atoms with Crippen molar-refractivity contribution in [2.24, 2.45) is 0 Å². The van der Waals surface area contributed by atoms with E-state index >= 15 is 0 Å². The van der Waals surface area contributed by atoms with Gasteiger partial charge in [0.1, 0.15) is 5.69 Å². The highest BCUT2D eigenvalue weighted by Gasteiger charge is 2.38. The van der Waals surface area contributed by atoms with Crippen molar-refractivity contribution in [1.82, 2.24) is 14.8 Å². The number of carbonyl (C=O) groups excluding carboxylic acids is 1. The number of aromatic nitrogens is 1. The van der Waals surface area contributed by atoms with Gasteiger partial charge < -0.3 is 19.9 Å². The molecule has 2 aromatic rings. The molecule has 3 heterocycles. The normalized spacial score (nSPS) is 25.9. The number of amides is 1. The Morgan fingerprint density at radius 2 is 1.86 bits per heavy atom. The Morgan fingerprint density at radius 1 is 1.10 bits per heavy atom. The Morgan fingerprint density at radius 3 is 2.62 bits per heavy atom. The van der Waals surface area contributed by atoms with Crippen LogP contribution in [0.5, 0.6) is 0 Å². The molecule has 0 saturated carbocycles. The highest BCUT2D eigenvalue weighted by molar-refractivity contribution is 5.98. The van der Waals surface area contributed by atoms with Gasteiger partial charge in [-0.1, -0.05) is 12.1 Å². The summed E-state index contributed by atoms with van der Waals surface area (Å²) in [6.45, 7) is 4.10. The fourth-order valence-electron chi connectivity index (χ4n) is 4.52. The maximum atomic E-state index is 13.4. The number of nitrogens with one attached hydrogen (secondary N) is 1. The van der Waals surface area contributed by atoms with Crippen LogP contribution in [0.4, 0.5) is 8.78 Å². The number of H-pyrrole nitrogens is 1. The van der Waals surface area contributed by atoms with Crippen LogP contribution in [-0.2, 0) is 0 Å². The quantitative estimate of drug-likeness (QED) is 0.821. The zero-order valence-electron chi connectivity index (χ0n) is 16.9. The van der Waals surface area contributed by atoms with Crippen LogP contribution in [0.3, 0.4) is 0 Å². The number of likely N-dealkylation sites (tertiary alicyclic amines) is 2. The first-order valence-corrected chi connectivity index (χ1v) is 10.4. The van der Waals surface area contributed by atoms with E-state index in [0.29, 0.717) is 57.7 Å². The summed E-state index contributed by atoms with van der Waals surface area (Å²) in [6, 6.07) is 7.92. The largest absolute Gasteiger partial charge is 0.388 e. The SMILES string of the molecule is Cc1ccc2cc(C(=O)N3CCC[C@@](O)(CN4CCC(F)(F)CC4)CC3)[nH]c2c1. The number of benzene rings is 1. The van der Waals surface area contributed by atoms with E-state index in [4.69, 9.17) is 0 Å². The molecule has 4 rings (SSSR count). The van der Waals surface area contributed by atoms with Gasteiger partial charge in [0, 0.05) is 56.5 Å². The van der Waals surface area contributed by atoms with E-state index in [-0.39, 0.29) is 18.7 Å². The third-order valence-electron chi connectivity index (χ3n) is 6.32. The van der Waals surface area contributed by atoms with Gasteiger partial charge >= 0.3 is 0 Å². The lowest BCUT2D eigenvalue weighted by Gasteiger charge is -2.37. The number of rotatable bonds is 3. The van der Waals surface area contributed by atoms with Crippen molar-refractivity contribution < 1.29 is 18.7 Å². The van der Waals surface area contributed by atoms with Gasteiger partial charge in [0.25, 0.3) is 11.8 Å². The van der Waals surface area contributed by atoms with Gasteiger partial charge in [-0.2, -0.15) is 0 Å². The summed E-state index contributed by atoms with van der Waals surface area (Å²) in [4.78, 5) is 19.9. The fraction of sp³-hybridized carbons (Fsp3) is 0.591. The van der Waals surface area contributed by atoms with Crippen LogP contribution in [0.1, 0.15) is 48.2 Å². The lowest BCUT2D eigenvalue weighted by atomic mass is 9.93. The Bertz CT molecular complexity index is 887. The standard InChI is InChI=1S/C22H29F2N3O2/c1-16-3-4-17-14-19(25-18(17)13-16)20(28)27-9-2-5-21(29,6-12-27)15-26-10-7-22(23,24)8-11-26/h3-4,13-14,25,29H,2,5-12,15H2,1H3/t21-/m0/s1. The number of nitrogens with zero attached hydrogens (tertiary/aromatic N) is 2. The van der Waals surface area contributed by atoms with Gasteiger partial charge in [0.2, 0.25) is 0 Å². The molecule has 0 bridgehead atoms. The molecule has 1 aromatic heterocycles. The van der Waals surface area contributed by atoms with E-state index in [1.807, 2.05) is 36.1 Å². The molecule has 5 nitrogen and oxygen atoms in total. The first-order chi connectivity index (χ1) is 13.7. The first-order valence-electron chi connectivity index (χ1n) is 10.4. The fourth-order valence-corrected chi connectivity index (χ4v) is 4.52. The van der Waals surface area contributed by atoms with Crippen LogP contribution < -0.4 is 0 Å². The van der Waals surface area contributed by atoms with Gasteiger partial charge in [0.05, 0.1) is 5.60 Å². The smallest absolute Gasteiger partial charge is 0.270 e. The number of aliphatic hydroxyl groups is 1. The van der Waals surface area contributed by atoms with Crippen molar-refractivity contribution in [2.45, 2.75) is 50.6 Å². The average molecular weight is 405 g/mol. The van der Waals surface area contributed by atoms with Gasteiger partial charge in [0.15, 0.2) is 0 Å². The molecule has 0 aliphatic carbocycles. The van der Waals surface area contributed by atoms with Crippen LogP contribution in [0.25, 0.3) is 10.9 Å². The van der Waals surface area contributed by atoms with Crippen molar-refractivity contribution in [2.75, 3.05) is 32.7 Å². The number of aromatic amines is 1. The third-order valence-corrected chi connectivity index (χ3v) is 6.32. The molecular formula is C22H29F2N3O2. The summed E-state index contributed by atoms with van der Waals surface area (Å²) in [7, 11) is 0. The van der Waals surface area contributed by atoms with Gasteiger partial charge in [-0.05, 0) is 43.9 Å². The van der Waals surface area contributed by atoms with Gasteiger partial charge in [-0.15, -0.1) is 0 Å². The van der Waals surface area contributed by atoms with Crippen LogP contribution in [0.15, 0.2) is 24.3 Å². The second kappa shape index (κ2) is 7.69. The zero-order valence-corrected chi connectivity index (χ0v) is 16.9. The minimum absolute atomic E-state index is 0.0549. The number of alkyl halides is 2. The van der Waals surface area contributed by atoms with E-state index in [2.05, 4.69) is 4.98 Å². The molecule has 29 heavy (non-hydrogen) atoms. The van der Waals surface area contributed by atoms with Crippen molar-refractivity contribution >= 4 is 16.8 Å². The first kappa shape index (κ1) is 20.3. The van der Waals surface area contributed by atoms with E-state index < -0.39 is 11.5 Å². The molecule has 1 amide bonds. The molecule has 2 aliphatic rings. The predicted molar refractivity (Wildman–Crippen MR) is 108 cm³/mol. The average Bonchev–Trinajstić information content (AvgIpc) is 2.99. The van der Waals surface area contributed by atoms with Gasteiger partial charge in [-0.25, -0.2) is 8.78 Å². The van der Waals surface area contributed by atoms with Crippen LogP contribution in [0, 0.1) is 6.92 Å². The van der Waals surface area contributed by atoms with Crippen LogP contribution in [-0.4, -0.2) is 70.0 Å². The zero-order chi connectivity index (χ0) is 20.6. The third kappa shape index (κ3) is 4.61. The Hall–Kier alpha value is -1.99. The molecule has 0 radical (unpaired) electrons. The number of hydrogen-bond donors (Lipinski definition) is 2. The number of hydrogen-bond acceptors (Lipinski definition) is 3. The van der Waals surface area contributed by atoms with Crippen LogP contribution >= 0.6 is 0 Å². The molecule has 2 saturated heterocycles. The van der Waals surface area contributed by atoms with E-state index in [9.17, 15) is 18.7 Å². The molecular weight excluding hydrogens is 376 g/mol. The topological polar surface area (TPSA) is 59.6 Å². The summed E-state index contributed by atoms with van der Waals surface area (Å²) in [5.74, 6) is -2.63. The molecule has 2 aliphatic heterocycles. The monoisotopic (exact) mass is 405 g/mol. The number of aryl methyl sites for hydroxylation is 1. The minimum atomic E-state index is -2.58. The lowest BCUT2D eigenvalue weighted by Crippen LogP contribution is -2.48. The van der Waals surface area contributed by atoms with E-state index in [0.717, 1.165) is 16.5 Å². The minimum Gasteiger partial charge on any atom is -0.388 e. The van der Waals surface area contributed by atoms with Crippen molar-refractivity contribution in [1.29, 1.82) is 0 Å². The van der Waals surface area contributed by atoms with E-state index in [1.54, 1.807) is 4.90 Å². The highest BCUT2D eigenvalue weighted by atomic mass is 19.3. The predicted octanol–water partition coefficient (Wildman–Crippen LogP) is 3.56. The van der Waals surface area contributed by atoms with E-state index in [1.165, 1.54) is 0 Å². The number of halogens is 2. The maximum Gasteiger partial charge on any atom is 0.270 e. The second-order valence-corrected chi connectivity index (χ2v) is 8.78. The Labute approximate surface area is 169 Å². The van der Waals surface area contributed by atoms with Crippen LogP contribution in [0.2, 0.25) is 0 Å². The molecule has 0 spiro atoms. The summed E-state index contributed by atoms with van der Waals surface area (Å²) in [5, 5.41) is 12.1. The number of fused-ring (bicyclic) bond motifs is 1. The molecule has 2 fully saturated rings. The second-order valence-electron chi connectivity index (χ2n) is 8.78. The summed E-state index contributed by atoms with van der Waals surface area (Å²) < 4.78 is 26.8. The molecule has 158 valence electrons. The Balaban J connectivity index is 1.39. The molecule has 0 unspecified atom stereocenters. The molecule has 2 N–H and O–H groups in total. The molecule has 1 aromatic carbocycles. The number of piperidine rings is 1. The Kier molecular flexibility index (Phi) is 5.38. The summed E-state index contributed by atoms with van der Waals surface area (Å²) >= 11 is 0. The molecule has 7 heteroatoms. The maximum absolute atomic E-state index is 13.4. The highest BCUT2D eigenvalue weighted by Crippen LogP contribution is 2.31. The lowest BCUT2D eigenvalue weighted by molar-refractivity contribution is -0.0768. The van der Waals surface area contributed by atoms with Crippen molar-refractivity contribution in [3.05, 3.63) is 35.5 Å². The van der Waals surface area contributed by atoms with Crippen molar-refractivity contribution in [3.63, 3.8) is 0 Å². The summed E-state index contributed by atoms with van der Waals surface area (Å²) in [5.41, 5.74) is 1.71. The van der Waals surface area contributed by atoms with Gasteiger partial charge in [-0.3, -0.25) is 4.79 Å². The number of carbonyl (C=O) groups is 1. The molecule has 1 atom stereocenters.